The van der Waals surface area contributed by atoms with Crippen molar-refractivity contribution in [2.75, 3.05) is 11.4 Å². The monoisotopic (exact) mass is 297 g/mol. The molecule has 3 nitrogen and oxygen atoms in total. The second kappa shape index (κ2) is 4.14. The van der Waals surface area contributed by atoms with Gasteiger partial charge < -0.3 is 10.0 Å². The maximum atomic E-state index is 13.4. The van der Waals surface area contributed by atoms with Gasteiger partial charge in [-0.3, -0.25) is 4.79 Å². The molecule has 0 aromatic heterocycles. The van der Waals surface area contributed by atoms with Crippen molar-refractivity contribution < 1.29 is 9.90 Å². The van der Waals surface area contributed by atoms with E-state index in [0.29, 0.717) is 24.2 Å². The lowest BCUT2D eigenvalue weighted by atomic mass is 9.47. The molecule has 0 saturated heterocycles. The second-order valence-electron chi connectivity index (χ2n) is 8.30. The van der Waals surface area contributed by atoms with Crippen molar-refractivity contribution in [1.82, 2.24) is 0 Å². The Morgan fingerprint density at radius 1 is 1.14 bits per heavy atom. The summed E-state index contributed by atoms with van der Waals surface area (Å²) < 4.78 is 0. The van der Waals surface area contributed by atoms with Gasteiger partial charge in [0.15, 0.2) is 0 Å². The SMILES string of the molecule is O=C(N1CCc2ccccc21)C12C[C@@H]3C[C@@H](CC(O)(C3)C1)C2. The van der Waals surface area contributed by atoms with E-state index in [1.54, 1.807) is 0 Å². The summed E-state index contributed by atoms with van der Waals surface area (Å²) in [7, 11) is 0. The van der Waals surface area contributed by atoms with Crippen molar-refractivity contribution >= 4 is 11.6 Å². The number of hydrogen-bond acceptors (Lipinski definition) is 2. The fraction of sp³-hybridized carbons (Fsp3) is 0.632. The van der Waals surface area contributed by atoms with Crippen LogP contribution in [-0.2, 0) is 11.2 Å². The van der Waals surface area contributed by atoms with Crippen LogP contribution in [0.3, 0.4) is 0 Å². The summed E-state index contributed by atoms with van der Waals surface area (Å²) in [5.74, 6) is 1.42. The molecule has 5 aliphatic rings. The average Bonchev–Trinajstić information content (AvgIpc) is 2.87. The molecule has 0 spiro atoms. The van der Waals surface area contributed by atoms with Gasteiger partial charge >= 0.3 is 0 Å². The first kappa shape index (κ1) is 13.1. The molecule has 1 aromatic carbocycles. The van der Waals surface area contributed by atoms with Gasteiger partial charge in [0.05, 0.1) is 11.0 Å². The molecule has 4 fully saturated rings. The second-order valence-corrected chi connectivity index (χ2v) is 8.30. The molecule has 6 rings (SSSR count). The fourth-order valence-electron chi connectivity index (χ4n) is 6.30. The molecule has 1 aromatic rings. The maximum absolute atomic E-state index is 13.4. The third kappa shape index (κ3) is 1.69. The van der Waals surface area contributed by atoms with E-state index >= 15 is 0 Å². The van der Waals surface area contributed by atoms with E-state index in [2.05, 4.69) is 18.2 Å². The van der Waals surface area contributed by atoms with E-state index in [-0.39, 0.29) is 5.41 Å². The lowest BCUT2D eigenvalue weighted by molar-refractivity contribution is -0.176. The molecule has 3 heteroatoms. The Balaban J connectivity index is 1.51. The van der Waals surface area contributed by atoms with Crippen LogP contribution in [0.15, 0.2) is 24.3 Å². The minimum atomic E-state index is -0.557. The van der Waals surface area contributed by atoms with E-state index in [9.17, 15) is 9.90 Å². The van der Waals surface area contributed by atoms with E-state index in [1.165, 1.54) is 12.0 Å². The largest absolute Gasteiger partial charge is 0.390 e. The number of amides is 1. The standard InChI is InChI=1S/C19H23NO2/c21-17(20-6-5-15-3-1-2-4-16(15)20)18-8-13-7-14(9-18)11-19(22,10-13)12-18/h1-4,13-14,22H,5-12H2/t13-,14+,18?,19?. The minimum Gasteiger partial charge on any atom is -0.390 e. The van der Waals surface area contributed by atoms with Crippen LogP contribution in [0.4, 0.5) is 5.69 Å². The number of carbonyl (C=O) groups is 1. The molecule has 0 radical (unpaired) electrons. The number of hydrogen-bond donors (Lipinski definition) is 1. The molecule has 1 N–H and O–H groups in total. The maximum Gasteiger partial charge on any atom is 0.233 e. The van der Waals surface area contributed by atoms with Crippen LogP contribution in [0.5, 0.6) is 0 Å². The Kier molecular flexibility index (Phi) is 2.47. The molecular formula is C19H23NO2. The molecule has 4 saturated carbocycles. The number of carbonyl (C=O) groups excluding carboxylic acids is 1. The highest BCUT2D eigenvalue weighted by Gasteiger charge is 2.61. The first-order valence-corrected chi connectivity index (χ1v) is 8.69. The zero-order valence-electron chi connectivity index (χ0n) is 12.9. The molecule has 1 heterocycles. The average molecular weight is 297 g/mol. The molecular weight excluding hydrogens is 274 g/mol. The Labute approximate surface area is 131 Å². The third-order valence-electron chi connectivity index (χ3n) is 6.62. The molecule has 116 valence electrons. The first-order valence-electron chi connectivity index (χ1n) is 8.69. The van der Waals surface area contributed by atoms with Gasteiger partial charge in [-0.1, -0.05) is 18.2 Å². The smallest absolute Gasteiger partial charge is 0.233 e. The molecule has 2 unspecified atom stereocenters. The van der Waals surface area contributed by atoms with Gasteiger partial charge in [-0.2, -0.15) is 0 Å². The number of para-hydroxylation sites is 1. The number of aliphatic hydroxyl groups is 1. The van der Waals surface area contributed by atoms with Gasteiger partial charge in [-0.05, 0) is 68.4 Å². The molecule has 4 aliphatic carbocycles. The zero-order chi connectivity index (χ0) is 14.9. The summed E-state index contributed by atoms with van der Waals surface area (Å²) in [4.78, 5) is 15.4. The van der Waals surface area contributed by atoms with Crippen molar-refractivity contribution in [3.8, 4) is 0 Å². The highest BCUT2D eigenvalue weighted by molar-refractivity contribution is 5.99. The highest BCUT2D eigenvalue weighted by atomic mass is 16.3. The lowest BCUT2D eigenvalue weighted by Gasteiger charge is -2.59. The summed E-state index contributed by atoms with van der Waals surface area (Å²) >= 11 is 0. The van der Waals surface area contributed by atoms with Gasteiger partial charge in [0.1, 0.15) is 0 Å². The molecule has 22 heavy (non-hydrogen) atoms. The van der Waals surface area contributed by atoms with Crippen LogP contribution in [0, 0.1) is 17.3 Å². The summed E-state index contributed by atoms with van der Waals surface area (Å²) in [6, 6.07) is 8.29. The van der Waals surface area contributed by atoms with Gasteiger partial charge in [0.25, 0.3) is 0 Å². The van der Waals surface area contributed by atoms with Crippen molar-refractivity contribution in [2.24, 2.45) is 17.3 Å². The summed E-state index contributed by atoms with van der Waals surface area (Å²) in [6.45, 7) is 0.813. The van der Waals surface area contributed by atoms with Crippen LogP contribution in [0.1, 0.15) is 44.1 Å². The topological polar surface area (TPSA) is 40.5 Å². The Hall–Kier alpha value is -1.35. The number of rotatable bonds is 1. The molecule has 1 amide bonds. The normalized spacial score (nSPS) is 41.8. The predicted molar refractivity (Wildman–Crippen MR) is 84.6 cm³/mol. The first-order chi connectivity index (χ1) is 10.6. The van der Waals surface area contributed by atoms with E-state index in [1.807, 2.05) is 11.0 Å². The number of fused-ring (bicyclic) bond motifs is 1. The zero-order valence-corrected chi connectivity index (χ0v) is 12.9. The number of anilines is 1. The highest BCUT2D eigenvalue weighted by Crippen LogP contribution is 2.62. The number of benzene rings is 1. The van der Waals surface area contributed by atoms with Crippen LogP contribution in [-0.4, -0.2) is 23.2 Å². The van der Waals surface area contributed by atoms with Crippen molar-refractivity contribution in [1.29, 1.82) is 0 Å². The van der Waals surface area contributed by atoms with E-state index in [0.717, 1.165) is 44.3 Å². The Morgan fingerprint density at radius 2 is 1.86 bits per heavy atom. The van der Waals surface area contributed by atoms with Gasteiger partial charge in [0, 0.05) is 12.2 Å². The van der Waals surface area contributed by atoms with Crippen LogP contribution >= 0.6 is 0 Å². The minimum absolute atomic E-state index is 0.281. The van der Waals surface area contributed by atoms with Crippen molar-refractivity contribution in [3.63, 3.8) is 0 Å². The summed E-state index contributed by atoms with van der Waals surface area (Å²) in [6.07, 6.45) is 6.75. The van der Waals surface area contributed by atoms with Crippen molar-refractivity contribution in [2.45, 2.75) is 50.5 Å². The lowest BCUT2D eigenvalue weighted by Crippen LogP contribution is -2.60. The molecule has 1 aliphatic heterocycles. The predicted octanol–water partition coefficient (Wildman–Crippen LogP) is 2.91. The Bertz CT molecular complexity index is 639. The quantitative estimate of drug-likeness (QED) is 0.866. The van der Waals surface area contributed by atoms with Crippen LogP contribution < -0.4 is 4.90 Å². The summed E-state index contributed by atoms with van der Waals surface area (Å²) in [5, 5.41) is 10.9. The van der Waals surface area contributed by atoms with Gasteiger partial charge in [0.2, 0.25) is 5.91 Å². The molecule has 4 bridgehead atoms. The fourth-order valence-corrected chi connectivity index (χ4v) is 6.30. The van der Waals surface area contributed by atoms with E-state index < -0.39 is 5.60 Å². The third-order valence-corrected chi connectivity index (χ3v) is 6.62. The molecule has 4 atom stereocenters. The number of nitrogens with zero attached hydrogens (tertiary/aromatic N) is 1. The van der Waals surface area contributed by atoms with Crippen LogP contribution in [0.25, 0.3) is 0 Å². The van der Waals surface area contributed by atoms with Gasteiger partial charge in [-0.15, -0.1) is 0 Å². The van der Waals surface area contributed by atoms with E-state index in [4.69, 9.17) is 0 Å². The summed E-state index contributed by atoms with van der Waals surface area (Å²) in [5.41, 5.74) is 1.56. The Morgan fingerprint density at radius 3 is 2.59 bits per heavy atom. The van der Waals surface area contributed by atoms with Gasteiger partial charge in [-0.25, -0.2) is 0 Å². The van der Waals surface area contributed by atoms with Crippen LogP contribution in [0.2, 0.25) is 0 Å². The van der Waals surface area contributed by atoms with Crippen molar-refractivity contribution in [3.05, 3.63) is 29.8 Å².